The second-order valence-corrected chi connectivity index (χ2v) is 3.26. The van der Waals surface area contributed by atoms with Gasteiger partial charge in [-0.05, 0) is 33.3 Å². The largest absolute Gasteiger partial charge is 0.494 e. The van der Waals surface area contributed by atoms with Crippen LogP contribution in [0, 0.1) is 13.8 Å². The molecule has 0 spiro atoms. The fourth-order valence-electron chi connectivity index (χ4n) is 1.13. The van der Waals surface area contributed by atoms with E-state index in [4.69, 9.17) is 0 Å². The normalized spacial score (nSPS) is 11.0. The number of aryl methyl sites for hydroxylation is 1. The van der Waals surface area contributed by atoms with Crippen LogP contribution in [-0.2, 0) is 0 Å². The van der Waals surface area contributed by atoms with Crippen LogP contribution >= 0.6 is 0 Å². The number of nitrogens with zero attached hydrogens (tertiary/aromatic N) is 1. The zero-order chi connectivity index (χ0) is 8.59. The molecular formula is C9H15NO. The number of aromatic hydroxyl groups is 1. The van der Waals surface area contributed by atoms with E-state index >= 15 is 0 Å². The van der Waals surface area contributed by atoms with Crippen LogP contribution in [0.5, 0.6) is 5.88 Å². The van der Waals surface area contributed by atoms with E-state index < -0.39 is 0 Å². The van der Waals surface area contributed by atoms with E-state index in [9.17, 15) is 5.11 Å². The highest BCUT2D eigenvalue weighted by Crippen LogP contribution is 2.25. The fourth-order valence-corrected chi connectivity index (χ4v) is 1.13. The third-order valence-corrected chi connectivity index (χ3v) is 2.06. The summed E-state index contributed by atoms with van der Waals surface area (Å²) >= 11 is 0. The van der Waals surface area contributed by atoms with E-state index in [1.165, 1.54) is 0 Å². The Hall–Kier alpha value is -0.920. The Morgan fingerprint density at radius 2 is 1.91 bits per heavy atom. The molecule has 62 valence electrons. The third kappa shape index (κ3) is 1.25. The monoisotopic (exact) mass is 153 g/mol. The van der Waals surface area contributed by atoms with Gasteiger partial charge in [-0.15, -0.1) is 0 Å². The van der Waals surface area contributed by atoms with Crippen molar-refractivity contribution in [2.75, 3.05) is 0 Å². The van der Waals surface area contributed by atoms with Crippen molar-refractivity contribution in [2.24, 2.45) is 0 Å². The first kappa shape index (κ1) is 8.18. The van der Waals surface area contributed by atoms with Crippen molar-refractivity contribution in [2.45, 2.75) is 33.7 Å². The van der Waals surface area contributed by atoms with Crippen molar-refractivity contribution < 1.29 is 5.11 Å². The van der Waals surface area contributed by atoms with E-state index in [-0.39, 0.29) is 0 Å². The molecule has 0 bridgehead atoms. The lowest BCUT2D eigenvalue weighted by molar-refractivity contribution is 0.397. The summed E-state index contributed by atoms with van der Waals surface area (Å²) in [4.78, 5) is 0. The molecule has 11 heavy (non-hydrogen) atoms. The van der Waals surface area contributed by atoms with Crippen LogP contribution < -0.4 is 0 Å². The predicted octanol–water partition coefficient (Wildman–Crippen LogP) is 2.39. The molecule has 0 aromatic carbocycles. The first-order chi connectivity index (χ1) is 5.04. The molecular weight excluding hydrogens is 138 g/mol. The van der Waals surface area contributed by atoms with Gasteiger partial charge in [0.25, 0.3) is 0 Å². The zero-order valence-electron chi connectivity index (χ0n) is 7.55. The minimum atomic E-state index is 0.336. The summed E-state index contributed by atoms with van der Waals surface area (Å²) in [6.45, 7) is 8.05. The predicted molar refractivity (Wildman–Crippen MR) is 46.0 cm³/mol. The molecule has 0 atom stereocenters. The van der Waals surface area contributed by atoms with Crippen molar-refractivity contribution in [1.29, 1.82) is 0 Å². The van der Waals surface area contributed by atoms with E-state index in [2.05, 4.69) is 13.8 Å². The van der Waals surface area contributed by atoms with Gasteiger partial charge in [-0.25, -0.2) is 0 Å². The average Bonchev–Trinajstić information content (AvgIpc) is 2.17. The van der Waals surface area contributed by atoms with E-state index in [1.807, 2.05) is 24.6 Å². The highest BCUT2D eigenvalue weighted by Gasteiger charge is 2.09. The molecule has 0 fully saturated rings. The molecule has 1 heterocycles. The molecule has 0 amide bonds. The van der Waals surface area contributed by atoms with Gasteiger partial charge < -0.3 is 9.67 Å². The lowest BCUT2D eigenvalue weighted by atomic mass is 10.2. The molecule has 0 saturated carbocycles. The van der Waals surface area contributed by atoms with E-state index in [1.54, 1.807) is 0 Å². The number of hydrogen-bond donors (Lipinski definition) is 1. The average molecular weight is 153 g/mol. The Bertz CT molecular complexity index is 261. The molecule has 1 rings (SSSR count). The second-order valence-electron chi connectivity index (χ2n) is 3.26. The summed E-state index contributed by atoms with van der Waals surface area (Å²) < 4.78 is 1.88. The highest BCUT2D eigenvalue weighted by molar-refractivity contribution is 5.34. The Morgan fingerprint density at radius 1 is 1.36 bits per heavy atom. The minimum absolute atomic E-state index is 0.336. The van der Waals surface area contributed by atoms with E-state index in [0.29, 0.717) is 11.9 Å². The summed E-state index contributed by atoms with van der Waals surface area (Å²) in [6.07, 6.45) is 1.98. The number of rotatable bonds is 1. The summed E-state index contributed by atoms with van der Waals surface area (Å²) in [5.41, 5.74) is 2.13. The van der Waals surface area contributed by atoms with Crippen molar-refractivity contribution in [3.63, 3.8) is 0 Å². The maximum atomic E-state index is 9.55. The molecule has 0 aliphatic carbocycles. The van der Waals surface area contributed by atoms with Gasteiger partial charge in [-0.3, -0.25) is 0 Å². The van der Waals surface area contributed by atoms with Gasteiger partial charge in [0.05, 0.1) is 0 Å². The van der Waals surface area contributed by atoms with E-state index in [0.717, 1.165) is 11.1 Å². The summed E-state index contributed by atoms with van der Waals surface area (Å²) in [5, 5.41) is 9.55. The molecule has 1 N–H and O–H groups in total. The Balaban J connectivity index is 3.19. The SMILES string of the molecule is Cc1cn(C(C)C)c(O)c1C. The number of aromatic nitrogens is 1. The van der Waals surface area contributed by atoms with Crippen LogP contribution in [0.15, 0.2) is 6.20 Å². The minimum Gasteiger partial charge on any atom is -0.494 e. The van der Waals surface area contributed by atoms with Crippen LogP contribution in [0.1, 0.15) is 31.0 Å². The summed E-state index contributed by atoms with van der Waals surface area (Å²) in [6, 6.07) is 0.336. The van der Waals surface area contributed by atoms with Crippen LogP contribution in [0.3, 0.4) is 0 Å². The molecule has 2 nitrogen and oxygen atoms in total. The molecule has 0 saturated heterocycles. The molecule has 0 unspecified atom stereocenters. The highest BCUT2D eigenvalue weighted by atomic mass is 16.3. The van der Waals surface area contributed by atoms with Crippen molar-refractivity contribution in [3.05, 3.63) is 17.3 Å². The van der Waals surface area contributed by atoms with Gasteiger partial charge in [0.1, 0.15) is 0 Å². The molecule has 2 heteroatoms. The quantitative estimate of drug-likeness (QED) is 0.658. The van der Waals surface area contributed by atoms with Crippen LogP contribution in [-0.4, -0.2) is 9.67 Å². The van der Waals surface area contributed by atoms with Crippen molar-refractivity contribution in [1.82, 2.24) is 4.57 Å². The third-order valence-electron chi connectivity index (χ3n) is 2.06. The molecule has 1 aromatic rings. The molecule has 0 aliphatic heterocycles. The maximum absolute atomic E-state index is 9.55. The summed E-state index contributed by atoms with van der Waals surface area (Å²) in [5.74, 6) is 0.400. The van der Waals surface area contributed by atoms with Crippen molar-refractivity contribution >= 4 is 0 Å². The molecule has 1 aromatic heterocycles. The first-order valence-electron chi connectivity index (χ1n) is 3.91. The smallest absolute Gasteiger partial charge is 0.194 e. The van der Waals surface area contributed by atoms with Crippen LogP contribution in [0.2, 0.25) is 0 Å². The van der Waals surface area contributed by atoms with Gasteiger partial charge in [-0.1, -0.05) is 0 Å². The lowest BCUT2D eigenvalue weighted by Crippen LogP contribution is -1.97. The van der Waals surface area contributed by atoms with Gasteiger partial charge >= 0.3 is 0 Å². The van der Waals surface area contributed by atoms with Crippen molar-refractivity contribution in [3.8, 4) is 5.88 Å². The lowest BCUT2D eigenvalue weighted by Gasteiger charge is -2.07. The van der Waals surface area contributed by atoms with Gasteiger partial charge in [-0.2, -0.15) is 0 Å². The van der Waals surface area contributed by atoms with Gasteiger partial charge in [0, 0.05) is 17.8 Å². The topological polar surface area (TPSA) is 25.2 Å². The Kier molecular flexibility index (Phi) is 1.94. The molecule has 0 radical (unpaired) electrons. The first-order valence-corrected chi connectivity index (χ1v) is 3.91. The second kappa shape index (κ2) is 2.61. The Morgan fingerprint density at radius 3 is 2.09 bits per heavy atom. The van der Waals surface area contributed by atoms with Gasteiger partial charge in [0.15, 0.2) is 5.88 Å². The molecule has 0 aliphatic rings. The standard InChI is InChI=1S/C9H15NO/c1-6(2)10-5-7(3)8(4)9(10)11/h5-6,11H,1-4H3. The van der Waals surface area contributed by atoms with Crippen LogP contribution in [0.25, 0.3) is 0 Å². The van der Waals surface area contributed by atoms with Gasteiger partial charge in [0.2, 0.25) is 0 Å². The zero-order valence-corrected chi connectivity index (χ0v) is 7.55. The number of hydrogen-bond acceptors (Lipinski definition) is 1. The fraction of sp³-hybridized carbons (Fsp3) is 0.556. The Labute approximate surface area is 67.5 Å². The maximum Gasteiger partial charge on any atom is 0.194 e. The summed E-state index contributed by atoms with van der Waals surface area (Å²) in [7, 11) is 0. The van der Waals surface area contributed by atoms with Crippen LogP contribution in [0.4, 0.5) is 0 Å².